The summed E-state index contributed by atoms with van der Waals surface area (Å²) in [5.41, 5.74) is 3.47. The Morgan fingerprint density at radius 2 is 1.48 bits per heavy atom. The molecule has 0 atom stereocenters. The van der Waals surface area contributed by atoms with E-state index in [1.54, 1.807) is 22.7 Å². The van der Waals surface area contributed by atoms with E-state index in [1.807, 2.05) is 59.3 Å². The first-order chi connectivity index (χ1) is 11.3. The zero-order valence-electron chi connectivity index (χ0n) is 12.2. The second kappa shape index (κ2) is 5.99. The molecule has 4 rings (SSSR count). The Kier molecular flexibility index (Phi) is 3.69. The van der Waals surface area contributed by atoms with Gasteiger partial charge in [0, 0.05) is 10.4 Å². The Labute approximate surface area is 141 Å². The predicted molar refractivity (Wildman–Crippen MR) is 99.1 cm³/mol. The van der Waals surface area contributed by atoms with Crippen molar-refractivity contribution in [3.8, 4) is 32.1 Å². The number of hydrogen-bond acceptors (Lipinski definition) is 3. The van der Waals surface area contributed by atoms with Crippen molar-refractivity contribution in [2.75, 3.05) is 0 Å². The number of benzene rings is 1. The summed E-state index contributed by atoms with van der Waals surface area (Å²) in [5.74, 6) is 0. The van der Waals surface area contributed by atoms with E-state index in [-0.39, 0.29) is 5.56 Å². The fourth-order valence-electron chi connectivity index (χ4n) is 2.64. The van der Waals surface area contributed by atoms with Crippen LogP contribution in [0.5, 0.6) is 0 Å². The molecule has 0 saturated carbocycles. The molecule has 4 aromatic rings. The van der Waals surface area contributed by atoms with E-state index in [0.29, 0.717) is 0 Å². The first kappa shape index (κ1) is 14.2. The molecular formula is C19H13NOS2. The van der Waals surface area contributed by atoms with Gasteiger partial charge in [-0.25, -0.2) is 0 Å². The number of aromatic amines is 1. The maximum Gasteiger partial charge on any atom is 0.256 e. The van der Waals surface area contributed by atoms with Crippen molar-refractivity contribution in [2.24, 2.45) is 0 Å². The van der Waals surface area contributed by atoms with Crippen LogP contribution in [0.2, 0.25) is 0 Å². The Bertz CT molecular complexity index is 968. The maximum absolute atomic E-state index is 12.8. The molecule has 0 radical (unpaired) electrons. The predicted octanol–water partition coefficient (Wildman–Crippen LogP) is 5.50. The molecule has 0 aliphatic rings. The van der Waals surface area contributed by atoms with Crippen molar-refractivity contribution in [2.45, 2.75) is 0 Å². The van der Waals surface area contributed by atoms with Crippen LogP contribution in [0.3, 0.4) is 0 Å². The number of hydrogen-bond donors (Lipinski definition) is 1. The highest BCUT2D eigenvalue weighted by molar-refractivity contribution is 7.14. The molecule has 0 saturated heterocycles. The minimum absolute atomic E-state index is 0.0505. The smallest absolute Gasteiger partial charge is 0.256 e. The average molecular weight is 335 g/mol. The molecule has 0 spiro atoms. The van der Waals surface area contributed by atoms with Crippen molar-refractivity contribution in [3.05, 3.63) is 81.8 Å². The summed E-state index contributed by atoms with van der Waals surface area (Å²) in [4.78, 5) is 18.0. The van der Waals surface area contributed by atoms with Gasteiger partial charge in [-0.3, -0.25) is 4.79 Å². The first-order valence-electron chi connectivity index (χ1n) is 7.23. The van der Waals surface area contributed by atoms with E-state index in [2.05, 4.69) is 17.1 Å². The van der Waals surface area contributed by atoms with Crippen molar-refractivity contribution in [1.29, 1.82) is 0 Å². The molecule has 0 unspecified atom stereocenters. The third-order valence-electron chi connectivity index (χ3n) is 3.67. The van der Waals surface area contributed by atoms with E-state index in [1.165, 1.54) is 0 Å². The molecule has 1 aromatic carbocycles. The summed E-state index contributed by atoms with van der Waals surface area (Å²) in [6.45, 7) is 0. The monoisotopic (exact) mass is 335 g/mol. The van der Waals surface area contributed by atoms with Crippen LogP contribution in [0.4, 0.5) is 0 Å². The molecule has 112 valence electrons. The highest BCUT2D eigenvalue weighted by atomic mass is 32.1. The van der Waals surface area contributed by atoms with E-state index in [4.69, 9.17) is 0 Å². The number of rotatable bonds is 3. The molecular weight excluding hydrogens is 322 g/mol. The van der Waals surface area contributed by atoms with Crippen LogP contribution in [0.1, 0.15) is 0 Å². The van der Waals surface area contributed by atoms with Gasteiger partial charge in [0.25, 0.3) is 5.56 Å². The van der Waals surface area contributed by atoms with Crippen LogP contribution in [-0.4, -0.2) is 4.98 Å². The van der Waals surface area contributed by atoms with E-state index >= 15 is 0 Å². The first-order valence-corrected chi connectivity index (χ1v) is 8.99. The van der Waals surface area contributed by atoms with Crippen molar-refractivity contribution < 1.29 is 0 Å². The van der Waals surface area contributed by atoms with Crippen LogP contribution in [0, 0.1) is 0 Å². The quantitative estimate of drug-likeness (QED) is 0.527. The lowest BCUT2D eigenvalue weighted by Gasteiger charge is -2.10. The van der Waals surface area contributed by atoms with Gasteiger partial charge in [-0.15, -0.1) is 22.7 Å². The second-order valence-electron chi connectivity index (χ2n) is 5.12. The maximum atomic E-state index is 12.8. The van der Waals surface area contributed by atoms with Gasteiger partial charge < -0.3 is 4.98 Å². The van der Waals surface area contributed by atoms with Gasteiger partial charge in [-0.2, -0.15) is 0 Å². The fraction of sp³-hybridized carbons (Fsp3) is 0. The van der Waals surface area contributed by atoms with Crippen molar-refractivity contribution >= 4 is 22.7 Å². The highest BCUT2D eigenvalue weighted by Gasteiger charge is 2.15. The molecule has 0 aliphatic heterocycles. The molecule has 3 aromatic heterocycles. The highest BCUT2D eigenvalue weighted by Crippen LogP contribution is 2.35. The fourth-order valence-corrected chi connectivity index (χ4v) is 4.09. The summed E-state index contributed by atoms with van der Waals surface area (Å²) in [7, 11) is 0. The van der Waals surface area contributed by atoms with Gasteiger partial charge >= 0.3 is 0 Å². The average Bonchev–Trinajstić information content (AvgIpc) is 3.28. The summed E-state index contributed by atoms with van der Waals surface area (Å²) >= 11 is 3.28. The Hall–Kier alpha value is -2.43. The molecule has 1 N–H and O–H groups in total. The van der Waals surface area contributed by atoms with Crippen LogP contribution in [-0.2, 0) is 0 Å². The zero-order chi connectivity index (χ0) is 15.6. The minimum Gasteiger partial charge on any atom is -0.321 e. The van der Waals surface area contributed by atoms with E-state index in [0.717, 1.165) is 32.1 Å². The van der Waals surface area contributed by atoms with Crippen LogP contribution >= 0.6 is 22.7 Å². The topological polar surface area (TPSA) is 32.9 Å². The molecule has 0 amide bonds. The second-order valence-corrected chi connectivity index (χ2v) is 7.02. The minimum atomic E-state index is -0.0505. The lowest BCUT2D eigenvalue weighted by atomic mass is 9.99. The van der Waals surface area contributed by atoms with Crippen LogP contribution in [0.15, 0.2) is 76.2 Å². The van der Waals surface area contributed by atoms with Gasteiger partial charge in [0.15, 0.2) is 0 Å². The third kappa shape index (κ3) is 2.67. The summed E-state index contributed by atoms with van der Waals surface area (Å²) in [6, 6.07) is 20.0. The standard InChI is InChI=1S/C19H13NOS2/c21-19-18(13-6-2-1-3-7-13)14(16-8-4-10-22-16)12-15(20-19)17-9-5-11-23-17/h1-12H,(H,20,21). The SMILES string of the molecule is O=c1[nH]c(-c2cccs2)cc(-c2cccs2)c1-c1ccccc1. The number of thiophene rings is 2. The molecule has 2 nitrogen and oxygen atoms in total. The molecule has 0 bridgehead atoms. The third-order valence-corrected chi connectivity index (χ3v) is 5.48. The van der Waals surface area contributed by atoms with Crippen LogP contribution < -0.4 is 5.56 Å². The lowest BCUT2D eigenvalue weighted by molar-refractivity contribution is 1.25. The summed E-state index contributed by atoms with van der Waals surface area (Å²) in [6.07, 6.45) is 0. The number of pyridine rings is 1. The van der Waals surface area contributed by atoms with Crippen molar-refractivity contribution in [1.82, 2.24) is 4.98 Å². The van der Waals surface area contributed by atoms with Crippen LogP contribution in [0.25, 0.3) is 32.1 Å². The largest absolute Gasteiger partial charge is 0.321 e. The Morgan fingerprint density at radius 3 is 2.13 bits per heavy atom. The number of nitrogens with one attached hydrogen (secondary N) is 1. The Balaban J connectivity index is 2.01. The molecule has 3 heterocycles. The summed E-state index contributed by atoms with van der Waals surface area (Å²) < 4.78 is 0. The van der Waals surface area contributed by atoms with Crippen molar-refractivity contribution in [3.63, 3.8) is 0 Å². The Morgan fingerprint density at radius 1 is 0.783 bits per heavy atom. The van der Waals surface area contributed by atoms with E-state index in [9.17, 15) is 4.79 Å². The van der Waals surface area contributed by atoms with E-state index < -0.39 is 0 Å². The van der Waals surface area contributed by atoms with Gasteiger partial charge in [0.05, 0.1) is 16.1 Å². The molecule has 0 aliphatic carbocycles. The number of H-pyrrole nitrogens is 1. The molecule has 4 heteroatoms. The summed E-state index contributed by atoms with van der Waals surface area (Å²) in [5, 5.41) is 4.06. The number of aromatic nitrogens is 1. The van der Waals surface area contributed by atoms with Gasteiger partial charge in [0.1, 0.15) is 0 Å². The zero-order valence-corrected chi connectivity index (χ0v) is 13.8. The molecule has 0 fully saturated rings. The molecule has 23 heavy (non-hydrogen) atoms. The van der Waals surface area contributed by atoms with Gasteiger partial charge in [-0.1, -0.05) is 42.5 Å². The van der Waals surface area contributed by atoms with Gasteiger partial charge in [0.2, 0.25) is 0 Å². The normalized spacial score (nSPS) is 10.8. The van der Waals surface area contributed by atoms with Gasteiger partial charge in [-0.05, 0) is 34.5 Å². The lowest BCUT2D eigenvalue weighted by Crippen LogP contribution is -2.11.